The number of carbonyl (C=O) groups is 2. The Morgan fingerprint density at radius 3 is 2.52 bits per heavy atom. The molecule has 0 aromatic carbocycles. The summed E-state index contributed by atoms with van der Waals surface area (Å²) in [4.78, 5) is 28.4. The van der Waals surface area contributed by atoms with E-state index in [1.54, 1.807) is 24.3 Å². The lowest BCUT2D eigenvalue weighted by molar-refractivity contribution is -0.121. The van der Waals surface area contributed by atoms with E-state index in [0.29, 0.717) is 11.3 Å². The van der Waals surface area contributed by atoms with Crippen molar-refractivity contribution in [1.29, 1.82) is 0 Å². The van der Waals surface area contributed by atoms with E-state index in [9.17, 15) is 9.59 Å². The molecule has 2 heterocycles. The Balaban J connectivity index is 2.01. The number of aromatic nitrogens is 1. The van der Waals surface area contributed by atoms with Gasteiger partial charge in [-0.25, -0.2) is 0 Å². The SMILES string of the molecule is Cc1nc(-c2ccsc2)ccc1C(=O)NCC(=O)NC(C)(C)C. The van der Waals surface area contributed by atoms with Crippen LogP contribution in [0.3, 0.4) is 0 Å². The average Bonchev–Trinajstić information content (AvgIpc) is 2.97. The number of aryl methyl sites for hydroxylation is 1. The summed E-state index contributed by atoms with van der Waals surface area (Å²) in [6, 6.07) is 5.55. The molecule has 0 aliphatic rings. The summed E-state index contributed by atoms with van der Waals surface area (Å²) in [6.07, 6.45) is 0. The van der Waals surface area contributed by atoms with Crippen molar-refractivity contribution in [3.8, 4) is 11.3 Å². The van der Waals surface area contributed by atoms with E-state index >= 15 is 0 Å². The zero-order chi connectivity index (χ0) is 17.0. The minimum atomic E-state index is -0.318. The number of hydrogen-bond donors (Lipinski definition) is 2. The average molecular weight is 331 g/mol. The molecule has 23 heavy (non-hydrogen) atoms. The first-order valence-electron chi connectivity index (χ1n) is 7.36. The van der Waals surface area contributed by atoms with Crippen LogP contribution in [0.4, 0.5) is 0 Å². The van der Waals surface area contributed by atoms with Crippen LogP contribution in [0.15, 0.2) is 29.0 Å². The van der Waals surface area contributed by atoms with Crippen molar-refractivity contribution >= 4 is 23.2 Å². The maximum atomic E-state index is 12.2. The van der Waals surface area contributed by atoms with Crippen molar-refractivity contribution in [2.45, 2.75) is 33.2 Å². The number of pyridine rings is 1. The molecule has 0 saturated carbocycles. The summed E-state index contributed by atoms with van der Waals surface area (Å²) in [5, 5.41) is 9.43. The van der Waals surface area contributed by atoms with E-state index in [4.69, 9.17) is 0 Å². The number of nitrogens with zero attached hydrogens (tertiary/aromatic N) is 1. The zero-order valence-corrected chi connectivity index (χ0v) is 14.6. The highest BCUT2D eigenvalue weighted by atomic mass is 32.1. The molecule has 2 N–H and O–H groups in total. The third kappa shape index (κ3) is 4.89. The number of rotatable bonds is 4. The van der Waals surface area contributed by atoms with Gasteiger partial charge in [0.05, 0.1) is 23.5 Å². The van der Waals surface area contributed by atoms with Crippen LogP contribution in [0.25, 0.3) is 11.3 Å². The second kappa shape index (κ2) is 6.91. The Morgan fingerprint density at radius 2 is 1.96 bits per heavy atom. The summed E-state index contributed by atoms with van der Waals surface area (Å²) in [5.74, 6) is -0.512. The molecule has 2 rings (SSSR count). The van der Waals surface area contributed by atoms with Crippen LogP contribution in [-0.4, -0.2) is 28.9 Å². The van der Waals surface area contributed by atoms with Crippen molar-refractivity contribution in [2.24, 2.45) is 0 Å². The molecule has 2 aromatic heterocycles. The molecule has 5 nitrogen and oxygen atoms in total. The highest BCUT2D eigenvalue weighted by Gasteiger charge is 2.16. The molecule has 6 heteroatoms. The molecule has 0 atom stereocenters. The first-order valence-corrected chi connectivity index (χ1v) is 8.30. The van der Waals surface area contributed by atoms with Crippen molar-refractivity contribution in [2.75, 3.05) is 6.54 Å². The molecule has 2 aromatic rings. The van der Waals surface area contributed by atoms with Crippen LogP contribution in [-0.2, 0) is 4.79 Å². The monoisotopic (exact) mass is 331 g/mol. The molecule has 0 bridgehead atoms. The number of carbonyl (C=O) groups excluding carboxylic acids is 2. The fourth-order valence-electron chi connectivity index (χ4n) is 2.09. The lowest BCUT2D eigenvalue weighted by atomic mass is 10.1. The van der Waals surface area contributed by atoms with Crippen molar-refractivity contribution in [3.05, 3.63) is 40.2 Å². The van der Waals surface area contributed by atoms with Crippen LogP contribution in [0, 0.1) is 6.92 Å². The predicted molar refractivity (Wildman–Crippen MR) is 92.5 cm³/mol. The maximum absolute atomic E-state index is 12.2. The van der Waals surface area contributed by atoms with E-state index in [1.165, 1.54) is 0 Å². The van der Waals surface area contributed by atoms with Gasteiger partial charge < -0.3 is 10.6 Å². The van der Waals surface area contributed by atoms with E-state index in [-0.39, 0.29) is 23.9 Å². The summed E-state index contributed by atoms with van der Waals surface area (Å²) in [7, 11) is 0. The second-order valence-electron chi connectivity index (χ2n) is 6.32. The standard InChI is InChI=1S/C17H21N3O2S/c1-11-13(5-6-14(19-11)12-7-8-23-10-12)16(22)18-9-15(21)20-17(2,3)4/h5-8,10H,9H2,1-4H3,(H,18,22)(H,20,21). The Kier molecular flexibility index (Phi) is 5.15. The van der Waals surface area contributed by atoms with E-state index in [1.807, 2.05) is 43.7 Å². The summed E-state index contributed by atoms with van der Waals surface area (Å²) < 4.78 is 0. The molecule has 0 aliphatic carbocycles. The molecular formula is C17H21N3O2S. The Bertz CT molecular complexity index is 703. The van der Waals surface area contributed by atoms with Crippen molar-refractivity contribution in [1.82, 2.24) is 15.6 Å². The van der Waals surface area contributed by atoms with Gasteiger partial charge in [-0.2, -0.15) is 11.3 Å². The van der Waals surface area contributed by atoms with Gasteiger partial charge in [0.15, 0.2) is 0 Å². The van der Waals surface area contributed by atoms with Crippen LogP contribution in [0.2, 0.25) is 0 Å². The van der Waals surface area contributed by atoms with Crippen molar-refractivity contribution in [3.63, 3.8) is 0 Å². The smallest absolute Gasteiger partial charge is 0.253 e. The second-order valence-corrected chi connectivity index (χ2v) is 7.10. The molecule has 0 radical (unpaired) electrons. The quantitative estimate of drug-likeness (QED) is 0.905. The van der Waals surface area contributed by atoms with Gasteiger partial charge in [-0.05, 0) is 51.3 Å². The lowest BCUT2D eigenvalue weighted by Crippen LogP contribution is -2.45. The Hall–Kier alpha value is -2.21. The van der Waals surface area contributed by atoms with Crippen LogP contribution in [0.5, 0.6) is 0 Å². The number of thiophene rings is 1. The molecule has 0 unspecified atom stereocenters. The van der Waals surface area contributed by atoms with E-state index in [0.717, 1.165) is 11.3 Å². The number of hydrogen-bond acceptors (Lipinski definition) is 4. The lowest BCUT2D eigenvalue weighted by Gasteiger charge is -2.20. The fraction of sp³-hybridized carbons (Fsp3) is 0.353. The molecular weight excluding hydrogens is 310 g/mol. The minimum absolute atomic E-state index is 0.0537. The van der Waals surface area contributed by atoms with Gasteiger partial charge >= 0.3 is 0 Å². The molecule has 0 spiro atoms. The third-order valence-electron chi connectivity index (χ3n) is 3.07. The summed E-state index contributed by atoms with van der Waals surface area (Å²) >= 11 is 1.60. The minimum Gasteiger partial charge on any atom is -0.350 e. The normalized spacial score (nSPS) is 11.1. The van der Waals surface area contributed by atoms with Gasteiger partial charge in [0.2, 0.25) is 5.91 Å². The first-order chi connectivity index (χ1) is 10.8. The zero-order valence-electron chi connectivity index (χ0n) is 13.8. The van der Waals surface area contributed by atoms with Gasteiger partial charge in [-0.3, -0.25) is 14.6 Å². The highest BCUT2D eigenvalue weighted by molar-refractivity contribution is 7.08. The van der Waals surface area contributed by atoms with Gasteiger partial charge in [0, 0.05) is 16.5 Å². The molecule has 0 saturated heterocycles. The summed E-state index contributed by atoms with van der Waals surface area (Å²) in [5.41, 5.74) is 2.68. The number of amides is 2. The Labute approximate surface area is 140 Å². The van der Waals surface area contributed by atoms with E-state index in [2.05, 4.69) is 15.6 Å². The van der Waals surface area contributed by atoms with Crippen LogP contribution in [0.1, 0.15) is 36.8 Å². The Morgan fingerprint density at radius 1 is 1.22 bits per heavy atom. The van der Waals surface area contributed by atoms with E-state index < -0.39 is 0 Å². The first kappa shape index (κ1) is 17.1. The van der Waals surface area contributed by atoms with Gasteiger partial charge in [-0.1, -0.05) is 0 Å². The van der Waals surface area contributed by atoms with Gasteiger partial charge in [-0.15, -0.1) is 0 Å². The van der Waals surface area contributed by atoms with Crippen LogP contribution < -0.4 is 10.6 Å². The van der Waals surface area contributed by atoms with Crippen molar-refractivity contribution < 1.29 is 9.59 Å². The van der Waals surface area contributed by atoms with Crippen LogP contribution >= 0.6 is 11.3 Å². The third-order valence-corrected chi connectivity index (χ3v) is 3.75. The maximum Gasteiger partial charge on any atom is 0.253 e. The van der Waals surface area contributed by atoms with Gasteiger partial charge in [0.25, 0.3) is 5.91 Å². The predicted octanol–water partition coefficient (Wildman–Crippen LogP) is 2.76. The molecule has 0 aliphatic heterocycles. The largest absolute Gasteiger partial charge is 0.350 e. The topological polar surface area (TPSA) is 71.1 Å². The number of nitrogens with one attached hydrogen (secondary N) is 2. The molecule has 122 valence electrons. The fourth-order valence-corrected chi connectivity index (χ4v) is 2.74. The molecule has 2 amide bonds. The summed E-state index contributed by atoms with van der Waals surface area (Å²) in [6.45, 7) is 7.42. The highest BCUT2D eigenvalue weighted by Crippen LogP contribution is 2.21. The molecule has 0 fully saturated rings. The van der Waals surface area contributed by atoms with Gasteiger partial charge in [0.1, 0.15) is 0 Å².